The molecule has 0 spiro atoms. The number of hydrogen-bond acceptors (Lipinski definition) is 11. The average molecular weight is 1420 g/mol. The van der Waals surface area contributed by atoms with Gasteiger partial charge in [0, 0.05) is 94.4 Å². The molecule has 20 heteroatoms. The van der Waals surface area contributed by atoms with Crippen LogP contribution >= 0.6 is 0 Å². The summed E-state index contributed by atoms with van der Waals surface area (Å²) in [6.45, 7) is 70.7. The van der Waals surface area contributed by atoms with Crippen molar-refractivity contribution in [3.8, 4) is 0 Å². The van der Waals surface area contributed by atoms with Crippen molar-refractivity contribution < 1.29 is 112 Å². The second-order valence-corrected chi connectivity index (χ2v) is 23.7. The van der Waals surface area contributed by atoms with Gasteiger partial charge in [0.15, 0.2) is 0 Å². The van der Waals surface area contributed by atoms with Gasteiger partial charge in [-0.3, -0.25) is 33.6 Å². The smallest absolute Gasteiger partial charge is 0.550 e. The quantitative estimate of drug-likeness (QED) is 0.0228. The molecule has 0 heterocycles. The molecule has 0 saturated carbocycles. The molecule has 0 saturated heterocycles. The van der Waals surface area contributed by atoms with Gasteiger partial charge >= 0.3 is 65.3 Å². The van der Waals surface area contributed by atoms with E-state index in [1.165, 1.54) is 23.8 Å². The van der Waals surface area contributed by atoms with Gasteiger partial charge < -0.3 is 52.8 Å². The minimum Gasteiger partial charge on any atom is -0.550 e. The van der Waals surface area contributed by atoms with Crippen LogP contribution in [0, 0.1) is 30.6 Å². The van der Waals surface area contributed by atoms with Crippen molar-refractivity contribution >= 4 is 53.5 Å². The summed E-state index contributed by atoms with van der Waals surface area (Å²) in [4.78, 5) is 110. The first kappa shape index (κ1) is 115. The maximum atomic E-state index is 12.1. The molecule has 0 aliphatic carbocycles. The number of nitrogens with zero attached hydrogens (tertiary/aromatic N) is 3. The number of carbonyl (C=O) groups is 8. The van der Waals surface area contributed by atoms with E-state index in [-0.39, 0.29) is 132 Å². The molecule has 558 valence electrons. The van der Waals surface area contributed by atoms with Gasteiger partial charge in [-0.2, -0.15) is 16.0 Å². The van der Waals surface area contributed by atoms with Gasteiger partial charge in [-0.1, -0.05) is 214 Å². The number of aliphatic carboxylic acids is 1. The number of benzene rings is 2. The zero-order valence-electron chi connectivity index (χ0n) is 66.4. The Bertz CT molecular complexity index is 2500. The summed E-state index contributed by atoms with van der Waals surface area (Å²) in [5, 5.41) is 21.5. The zero-order valence-corrected chi connectivity index (χ0v) is 70.4. The van der Waals surface area contributed by atoms with Crippen molar-refractivity contribution in [2.45, 2.75) is 233 Å². The van der Waals surface area contributed by atoms with E-state index in [0.29, 0.717) is 53.9 Å². The molecule has 0 fully saturated rings. The number of hydrogen-bond donors (Lipinski definition) is 4. The Morgan fingerprint density at radius 2 is 0.900 bits per heavy atom. The molecule has 0 radical (unpaired) electrons. The topological polar surface area (TPSA) is 252 Å². The van der Waals surface area contributed by atoms with Gasteiger partial charge in [0.25, 0.3) is 0 Å². The van der Waals surface area contributed by atoms with Crippen LogP contribution in [-0.2, 0) is 61.0 Å². The van der Waals surface area contributed by atoms with Crippen molar-refractivity contribution in [2.24, 2.45) is 23.7 Å². The van der Waals surface area contributed by atoms with E-state index in [1.54, 1.807) is 37.8 Å². The largest absolute Gasteiger partial charge is 1.00 e. The molecular formula is C80H135N7Na2O11. The summed E-state index contributed by atoms with van der Waals surface area (Å²) >= 11 is 0. The molecule has 0 aliphatic rings. The standard InChI is InChI=1S/C16H23NO3.C14H21NO.C11H20NO.C9H17NO.2C8H15NO.C7H13NO.2C3H6.CO2.2Na/c1-3-13(2)11-17(15(18)9-10-16(19)20)12-14-7-5-4-6-8-14;1-4-12(2)10-15(13(3)16)11-14-8-6-5-7-9-14;1-5-8-9-12(10(4)6-2)11(13)7-3;1-5-8(4)6-10-9(11)7(2)3;1-5-7(4)9-8(10)6(2)3;1-4-7(3)6-9-8(10)5-2;1-4-6(3)8-7(9)5-2;2*1-3-2;2-1-3;;/h4-8,13H,3,9-12H2,1-2H3,(H,19,20);5-9,12H,4,10-11H2,1-3H3;7,10H,1,3,5-6,8-9H2,2,4H3;8H,2,5-6H2,1,3-4H3,(H,10,11);7H,2,5H2,1,3-4H3,(H,9,10);5,7H,2,4,6H2,1,3H3,(H,9,10);5-6H,2,4H2,1,3H3,(H,8,9);2*3H,1H2,2H3;;;/q;;-1;;;;;;;;2*+1/p-1. The second-order valence-electron chi connectivity index (χ2n) is 23.7. The van der Waals surface area contributed by atoms with Crippen molar-refractivity contribution in [2.75, 3.05) is 32.7 Å². The fourth-order valence-electron chi connectivity index (χ4n) is 6.62. The fraction of sp³-hybridized carbons (Fsp3) is 0.550. The van der Waals surface area contributed by atoms with Gasteiger partial charge in [-0.25, -0.2) is 0 Å². The Hall–Kier alpha value is -6.24. The normalized spacial score (nSPS) is 11.2. The van der Waals surface area contributed by atoms with E-state index in [4.69, 9.17) is 9.59 Å². The summed E-state index contributed by atoms with van der Waals surface area (Å²) < 4.78 is 0. The monoisotopic (exact) mass is 1420 g/mol. The van der Waals surface area contributed by atoms with Crippen LogP contribution in [0.1, 0.15) is 213 Å². The second kappa shape index (κ2) is 81.7. The van der Waals surface area contributed by atoms with Crippen LogP contribution in [0.3, 0.4) is 0 Å². The molecule has 0 aromatic heterocycles. The van der Waals surface area contributed by atoms with Crippen molar-refractivity contribution in [1.82, 2.24) is 36.0 Å². The fourth-order valence-corrected chi connectivity index (χ4v) is 6.62. The number of carbonyl (C=O) groups excluding carboxylic acids is 10. The average Bonchev–Trinajstić information content (AvgIpc) is 0.916. The number of carboxylic acids is 1. The van der Waals surface area contributed by atoms with Gasteiger partial charge in [0.2, 0.25) is 41.4 Å². The van der Waals surface area contributed by atoms with Crippen molar-refractivity contribution in [1.29, 1.82) is 0 Å². The predicted molar refractivity (Wildman–Crippen MR) is 406 cm³/mol. The van der Waals surface area contributed by atoms with E-state index in [2.05, 4.69) is 156 Å². The van der Waals surface area contributed by atoms with E-state index >= 15 is 0 Å². The number of carboxylic acid groups (broad SMARTS) is 1. The van der Waals surface area contributed by atoms with E-state index in [0.717, 1.165) is 96.1 Å². The van der Waals surface area contributed by atoms with Gasteiger partial charge in [0.1, 0.15) is 0 Å². The summed E-state index contributed by atoms with van der Waals surface area (Å²) in [6, 6.07) is 20.7. The summed E-state index contributed by atoms with van der Waals surface area (Å²) in [6.07, 6.45) is 16.5. The predicted octanol–water partition coefficient (Wildman–Crippen LogP) is 8.52. The molecule has 18 nitrogen and oxygen atoms in total. The molecule has 0 bridgehead atoms. The Morgan fingerprint density at radius 3 is 1.22 bits per heavy atom. The molecule has 7 atom stereocenters. The molecule has 0 aliphatic heterocycles. The number of rotatable bonds is 33. The van der Waals surface area contributed by atoms with Crippen LogP contribution in [-0.4, -0.2) is 119 Å². The molecule has 7 unspecified atom stereocenters. The Morgan fingerprint density at radius 1 is 0.530 bits per heavy atom. The molecule has 4 N–H and O–H groups in total. The van der Waals surface area contributed by atoms with E-state index in [9.17, 15) is 43.5 Å². The third-order valence-electron chi connectivity index (χ3n) is 14.2. The minimum absolute atomic E-state index is 0. The van der Waals surface area contributed by atoms with Crippen LogP contribution in [0.15, 0.2) is 148 Å². The zero-order chi connectivity index (χ0) is 77.6. The molecule has 7 amide bonds. The summed E-state index contributed by atoms with van der Waals surface area (Å²) in [5.74, 6) is 0.691. The van der Waals surface area contributed by atoms with Crippen molar-refractivity contribution in [3.05, 3.63) is 166 Å². The molecule has 2 aromatic rings. The molecule has 100 heavy (non-hydrogen) atoms. The number of allylic oxidation sites excluding steroid dienone is 2. The van der Waals surface area contributed by atoms with Crippen molar-refractivity contribution in [3.63, 3.8) is 0 Å². The molecule has 2 aromatic carbocycles. The Kier molecular flexibility index (Phi) is 94.0. The minimum atomic E-state index is -1.18. The van der Waals surface area contributed by atoms with Crippen LogP contribution in [0.25, 0.3) is 0 Å². The number of nitrogens with one attached hydrogen (secondary N) is 4. The SMILES string of the molecule is C=C(C)C(=O)NC(C)CC.C=C(C)C(=O)NCC(C)CC.C=CC.C=CC.C=CC(=O)N(CCC[CH2-])C(C)CC.C=CC(=O)NC(C)CC.C=CC(=O)NCC(C)CC.CCC(C)CN(Cc1ccccc1)C(=O)CCC(=O)[O-].CCC(C)CN(Cc1ccccc1)C(C)=O.O=C=O.[Na+].[Na+]. The van der Waals surface area contributed by atoms with E-state index in [1.807, 2.05) is 99.9 Å². The Labute approximate surface area is 652 Å². The van der Waals surface area contributed by atoms with Gasteiger partial charge in [0.05, 0.1) is 0 Å². The first-order chi connectivity index (χ1) is 46.1. The summed E-state index contributed by atoms with van der Waals surface area (Å²) in [5.41, 5.74) is 3.40. The van der Waals surface area contributed by atoms with Gasteiger partial charge in [-0.05, 0) is 127 Å². The third-order valence-corrected chi connectivity index (χ3v) is 14.2. The van der Waals surface area contributed by atoms with Gasteiger partial charge in [-0.15, -0.1) is 13.2 Å². The third kappa shape index (κ3) is 80.7. The van der Waals surface area contributed by atoms with Crippen LogP contribution < -0.4 is 85.5 Å². The van der Waals surface area contributed by atoms with Crippen LogP contribution in [0.4, 0.5) is 0 Å². The van der Waals surface area contributed by atoms with Crippen LogP contribution in [0.5, 0.6) is 0 Å². The molecule has 2 rings (SSSR count). The number of amides is 7. The first-order valence-electron chi connectivity index (χ1n) is 34.5. The summed E-state index contributed by atoms with van der Waals surface area (Å²) in [7, 11) is 0. The Balaban J connectivity index is -0.000000117. The van der Waals surface area contributed by atoms with E-state index < -0.39 is 5.97 Å². The maximum absolute atomic E-state index is 12.1. The maximum Gasteiger partial charge on any atom is 1.00 e. The first-order valence-corrected chi connectivity index (χ1v) is 34.5. The van der Waals surface area contributed by atoms with Crippen LogP contribution in [0.2, 0.25) is 0 Å². The molecular weight excluding hydrogens is 1280 g/mol. The number of unbranched alkanes of at least 4 members (excludes halogenated alkanes) is 1.